The molecule has 0 aromatic carbocycles. The van der Waals surface area contributed by atoms with Gasteiger partial charge in [-0.05, 0) is 18.3 Å². The van der Waals surface area contributed by atoms with Crippen LogP contribution in [0.1, 0.15) is 55.4 Å². The first-order valence-electron chi connectivity index (χ1n) is 7.94. The summed E-state index contributed by atoms with van der Waals surface area (Å²) < 4.78 is 5.00. The van der Waals surface area contributed by atoms with Crippen molar-refractivity contribution in [2.75, 3.05) is 20.3 Å². The average molecular weight is 325 g/mol. The molecule has 3 rings (SSSR count). The molecule has 7 heteroatoms. The molecule has 1 saturated carbocycles. The van der Waals surface area contributed by atoms with Gasteiger partial charge in [0.25, 0.3) is 0 Å². The molecule has 0 spiro atoms. The quantitative estimate of drug-likeness (QED) is 0.831. The molecule has 2 unspecified atom stereocenters. The Hall–Kier alpha value is -2.51. The summed E-state index contributed by atoms with van der Waals surface area (Å²) in [5, 5.41) is 21.4. The molecule has 2 bridgehead atoms. The molecule has 24 heavy (non-hydrogen) atoms. The van der Waals surface area contributed by atoms with E-state index in [2.05, 4.69) is 15.3 Å². The van der Waals surface area contributed by atoms with Gasteiger partial charge in [-0.3, -0.25) is 4.79 Å². The number of carbonyl (C=O) groups is 1. The van der Waals surface area contributed by atoms with Crippen molar-refractivity contribution < 1.29 is 9.53 Å². The molecular formula is C17H19N5O2. The van der Waals surface area contributed by atoms with E-state index in [1.54, 1.807) is 7.11 Å². The molecule has 124 valence electrons. The number of nitrogens with zero attached hydrogens (tertiary/aromatic N) is 4. The Morgan fingerprint density at radius 2 is 2.00 bits per heavy atom. The van der Waals surface area contributed by atoms with E-state index in [9.17, 15) is 15.3 Å². The lowest BCUT2D eigenvalue weighted by atomic mass is 9.67. The standard InChI is InChI=1S/C17H19N5O2/c1-16(2)10-4-5-17(16,15(23)20-6-7-24-3)14-13(10)21-11(8-18)12(9-19)22-14/h10H,4-7H2,1-3H3,(H,20,23). The number of rotatable bonds is 4. The highest BCUT2D eigenvalue weighted by Gasteiger charge is 2.67. The lowest BCUT2D eigenvalue weighted by Crippen LogP contribution is -2.50. The van der Waals surface area contributed by atoms with Crippen LogP contribution in [0.3, 0.4) is 0 Å². The molecule has 0 saturated heterocycles. The number of fused-ring (bicyclic) bond motifs is 5. The number of nitrogens with one attached hydrogen (secondary N) is 1. The topological polar surface area (TPSA) is 112 Å². The fraction of sp³-hybridized carbons (Fsp3) is 0.588. The summed E-state index contributed by atoms with van der Waals surface area (Å²) in [5.41, 5.74) is 0.108. The zero-order valence-electron chi connectivity index (χ0n) is 14.0. The smallest absolute Gasteiger partial charge is 0.232 e. The van der Waals surface area contributed by atoms with E-state index in [0.717, 1.165) is 6.42 Å². The van der Waals surface area contributed by atoms with Crippen molar-refractivity contribution in [3.63, 3.8) is 0 Å². The molecule has 0 aliphatic heterocycles. The van der Waals surface area contributed by atoms with Gasteiger partial charge in [-0.2, -0.15) is 10.5 Å². The van der Waals surface area contributed by atoms with Crippen LogP contribution in [-0.4, -0.2) is 36.1 Å². The fourth-order valence-corrected chi connectivity index (χ4v) is 4.34. The van der Waals surface area contributed by atoms with Crippen LogP contribution in [0.15, 0.2) is 0 Å². The molecule has 2 aliphatic rings. The molecule has 7 nitrogen and oxygen atoms in total. The van der Waals surface area contributed by atoms with Crippen LogP contribution in [0.2, 0.25) is 0 Å². The number of carbonyl (C=O) groups excluding carboxylic acids is 1. The molecule has 1 aromatic heterocycles. The normalized spacial score (nSPS) is 25.6. The minimum atomic E-state index is -0.812. The van der Waals surface area contributed by atoms with Gasteiger partial charge >= 0.3 is 0 Å². The summed E-state index contributed by atoms with van der Waals surface area (Å²) in [6.07, 6.45) is 1.49. The van der Waals surface area contributed by atoms with Crippen molar-refractivity contribution >= 4 is 5.91 Å². The third kappa shape index (κ3) is 1.88. The maximum atomic E-state index is 13.0. The van der Waals surface area contributed by atoms with Crippen molar-refractivity contribution in [1.82, 2.24) is 15.3 Å². The summed E-state index contributed by atoms with van der Waals surface area (Å²) in [4.78, 5) is 21.8. The van der Waals surface area contributed by atoms with E-state index in [1.807, 2.05) is 26.0 Å². The minimum Gasteiger partial charge on any atom is -0.383 e. The van der Waals surface area contributed by atoms with Crippen molar-refractivity contribution in [2.24, 2.45) is 5.41 Å². The van der Waals surface area contributed by atoms with Gasteiger partial charge in [0.1, 0.15) is 12.1 Å². The van der Waals surface area contributed by atoms with Crippen LogP contribution in [0.5, 0.6) is 0 Å². The van der Waals surface area contributed by atoms with Gasteiger partial charge in [0, 0.05) is 19.6 Å². The van der Waals surface area contributed by atoms with E-state index in [1.165, 1.54) is 0 Å². The molecule has 1 aromatic rings. The Kier molecular flexibility index (Phi) is 3.77. The fourth-order valence-electron chi connectivity index (χ4n) is 4.34. The Balaban J connectivity index is 2.13. The molecule has 1 N–H and O–H groups in total. The number of methoxy groups -OCH3 is 1. The second-order valence-corrected chi connectivity index (χ2v) is 6.85. The van der Waals surface area contributed by atoms with Crippen LogP contribution < -0.4 is 5.32 Å². The number of hydrogen-bond acceptors (Lipinski definition) is 6. The Morgan fingerprint density at radius 1 is 1.33 bits per heavy atom. The van der Waals surface area contributed by atoms with E-state index in [0.29, 0.717) is 31.0 Å². The number of ether oxygens (including phenoxy) is 1. The van der Waals surface area contributed by atoms with Crippen LogP contribution in [0.4, 0.5) is 0 Å². The van der Waals surface area contributed by atoms with E-state index in [-0.39, 0.29) is 28.6 Å². The lowest BCUT2D eigenvalue weighted by molar-refractivity contribution is -0.130. The zero-order chi connectivity index (χ0) is 17.5. The second kappa shape index (κ2) is 5.54. The number of aromatic nitrogens is 2. The number of hydrogen-bond donors (Lipinski definition) is 1. The maximum absolute atomic E-state index is 13.0. The van der Waals surface area contributed by atoms with E-state index >= 15 is 0 Å². The van der Waals surface area contributed by atoms with Gasteiger partial charge in [0.05, 0.1) is 23.4 Å². The molecule has 1 amide bonds. The highest BCUT2D eigenvalue weighted by atomic mass is 16.5. The zero-order valence-corrected chi connectivity index (χ0v) is 14.0. The highest BCUT2D eigenvalue weighted by molar-refractivity contribution is 5.91. The molecule has 0 radical (unpaired) electrons. The summed E-state index contributed by atoms with van der Waals surface area (Å²) in [6.45, 7) is 4.94. The minimum absolute atomic E-state index is 0.0105. The molecular weight excluding hydrogens is 306 g/mol. The second-order valence-electron chi connectivity index (χ2n) is 6.85. The monoisotopic (exact) mass is 325 g/mol. The SMILES string of the molecule is COCCNC(=O)C12CCC(c3nc(C#N)c(C#N)nc31)C2(C)C. The number of amides is 1. The van der Waals surface area contributed by atoms with Crippen molar-refractivity contribution in [2.45, 2.75) is 38.0 Å². The van der Waals surface area contributed by atoms with Gasteiger partial charge in [-0.1, -0.05) is 13.8 Å². The van der Waals surface area contributed by atoms with E-state index < -0.39 is 5.41 Å². The largest absolute Gasteiger partial charge is 0.383 e. The lowest BCUT2D eigenvalue weighted by Gasteiger charge is -2.36. The van der Waals surface area contributed by atoms with Crippen molar-refractivity contribution in [3.05, 3.63) is 22.8 Å². The first-order valence-corrected chi connectivity index (χ1v) is 7.94. The number of nitriles is 2. The first kappa shape index (κ1) is 16.4. The summed E-state index contributed by atoms with van der Waals surface area (Å²) in [5.74, 6) is -0.0401. The maximum Gasteiger partial charge on any atom is 0.232 e. The van der Waals surface area contributed by atoms with Gasteiger partial charge in [0.2, 0.25) is 5.91 Å². The Labute approximate surface area is 140 Å². The van der Waals surface area contributed by atoms with Gasteiger partial charge < -0.3 is 10.1 Å². The van der Waals surface area contributed by atoms with E-state index in [4.69, 9.17) is 4.74 Å². The first-order chi connectivity index (χ1) is 11.4. The molecule has 2 aliphatic carbocycles. The predicted molar refractivity (Wildman–Crippen MR) is 83.8 cm³/mol. The summed E-state index contributed by atoms with van der Waals surface area (Å²) in [6, 6.07) is 3.86. The molecule has 2 atom stereocenters. The third-order valence-corrected chi connectivity index (χ3v) is 5.63. The van der Waals surface area contributed by atoms with Crippen molar-refractivity contribution in [1.29, 1.82) is 10.5 Å². The van der Waals surface area contributed by atoms with Gasteiger partial charge in [-0.25, -0.2) is 9.97 Å². The van der Waals surface area contributed by atoms with Crippen LogP contribution >= 0.6 is 0 Å². The van der Waals surface area contributed by atoms with Crippen LogP contribution in [0, 0.1) is 28.1 Å². The Bertz CT molecular complexity index is 789. The third-order valence-electron chi connectivity index (χ3n) is 5.63. The van der Waals surface area contributed by atoms with Gasteiger partial charge in [0.15, 0.2) is 11.4 Å². The summed E-state index contributed by atoms with van der Waals surface area (Å²) >= 11 is 0. The van der Waals surface area contributed by atoms with Gasteiger partial charge in [-0.15, -0.1) is 0 Å². The predicted octanol–water partition coefficient (Wildman–Crippen LogP) is 1.14. The van der Waals surface area contributed by atoms with Crippen LogP contribution in [0.25, 0.3) is 0 Å². The summed E-state index contributed by atoms with van der Waals surface area (Å²) in [7, 11) is 1.58. The molecule has 1 heterocycles. The molecule has 1 fully saturated rings. The average Bonchev–Trinajstić information content (AvgIpc) is 2.95. The van der Waals surface area contributed by atoms with Crippen LogP contribution in [-0.2, 0) is 14.9 Å². The Morgan fingerprint density at radius 3 is 2.62 bits per heavy atom. The highest BCUT2D eigenvalue weighted by Crippen LogP contribution is 2.67. The van der Waals surface area contributed by atoms with Crippen molar-refractivity contribution in [3.8, 4) is 12.1 Å².